The fourth-order valence-corrected chi connectivity index (χ4v) is 1.86. The molecule has 1 atom stereocenters. The zero-order valence-corrected chi connectivity index (χ0v) is 15.9. The lowest BCUT2D eigenvalue weighted by Gasteiger charge is -2.11. The highest BCUT2D eigenvalue weighted by Gasteiger charge is 2.19. The largest absolute Gasteiger partial charge is 0.245 e. The summed E-state index contributed by atoms with van der Waals surface area (Å²) in [6.07, 6.45) is 2.71. The molecular weight excluding hydrogens is 278 g/mol. The predicted molar refractivity (Wildman–Crippen MR) is 95.9 cm³/mol. The van der Waals surface area contributed by atoms with Crippen molar-refractivity contribution in [2.45, 2.75) is 87.0 Å². The van der Waals surface area contributed by atoms with Crippen LogP contribution >= 0.6 is 0 Å². The second-order valence-corrected chi connectivity index (χ2v) is 6.06. The molecule has 1 aromatic carbocycles. The molecule has 2 heteroatoms. The molecule has 0 saturated carbocycles. The van der Waals surface area contributed by atoms with Gasteiger partial charge in [-0.1, -0.05) is 64.3 Å². The molecule has 0 N–H and O–H groups in total. The minimum absolute atomic E-state index is 0.0390. The first-order valence-electron chi connectivity index (χ1n) is 8.57. The number of alkyl halides is 2. The van der Waals surface area contributed by atoms with Gasteiger partial charge in [0.1, 0.15) is 0 Å². The fourth-order valence-electron chi connectivity index (χ4n) is 1.86. The van der Waals surface area contributed by atoms with Gasteiger partial charge in [-0.2, -0.15) is 0 Å². The van der Waals surface area contributed by atoms with Crippen LogP contribution in [-0.2, 0) is 0 Å². The maximum Gasteiger partial charge on any atom is 0.245 e. The molecule has 0 heterocycles. The molecule has 130 valence electrons. The van der Waals surface area contributed by atoms with Gasteiger partial charge in [0, 0.05) is 6.42 Å². The Morgan fingerprint density at radius 1 is 1.05 bits per heavy atom. The highest BCUT2D eigenvalue weighted by Crippen LogP contribution is 2.22. The average molecular weight is 315 g/mol. The van der Waals surface area contributed by atoms with Gasteiger partial charge in [-0.15, -0.1) is 0 Å². The van der Waals surface area contributed by atoms with Crippen LogP contribution in [0.15, 0.2) is 18.2 Å². The fraction of sp³-hybridized carbons (Fsp3) is 0.700. The molecule has 0 bridgehead atoms. The van der Waals surface area contributed by atoms with Crippen LogP contribution in [0.25, 0.3) is 0 Å². The van der Waals surface area contributed by atoms with E-state index in [0.29, 0.717) is 12.3 Å². The van der Waals surface area contributed by atoms with Gasteiger partial charge in [-0.25, -0.2) is 8.78 Å². The summed E-state index contributed by atoms with van der Waals surface area (Å²) in [5.41, 5.74) is 4.11. The van der Waals surface area contributed by atoms with Gasteiger partial charge in [0.05, 0.1) is 0 Å². The van der Waals surface area contributed by atoms with Crippen molar-refractivity contribution in [2.24, 2.45) is 5.92 Å². The Bertz CT molecular complexity index is 378. The van der Waals surface area contributed by atoms with Gasteiger partial charge in [0.2, 0.25) is 5.92 Å². The summed E-state index contributed by atoms with van der Waals surface area (Å²) >= 11 is 0. The lowest BCUT2D eigenvalue weighted by Crippen LogP contribution is -2.09. The second kappa shape index (κ2) is 12.6. The van der Waals surface area contributed by atoms with Crippen LogP contribution in [-0.4, -0.2) is 5.92 Å². The molecule has 1 aromatic rings. The molecule has 0 aromatic heterocycles. The topological polar surface area (TPSA) is 0 Å². The molecular formula is C20H36F2. The summed E-state index contributed by atoms with van der Waals surface area (Å²) < 4.78 is 24.6. The van der Waals surface area contributed by atoms with Crippen LogP contribution < -0.4 is 0 Å². The van der Waals surface area contributed by atoms with E-state index in [1.807, 2.05) is 13.8 Å². The molecule has 1 unspecified atom stereocenters. The molecule has 0 fully saturated rings. The molecule has 0 radical (unpaired) electrons. The lowest BCUT2D eigenvalue weighted by atomic mass is 10.0. The van der Waals surface area contributed by atoms with Crippen LogP contribution in [0.3, 0.4) is 0 Å². The summed E-state index contributed by atoms with van der Waals surface area (Å²) in [6.45, 7) is 15.6. The maximum absolute atomic E-state index is 12.3. The van der Waals surface area contributed by atoms with Gasteiger partial charge in [0.15, 0.2) is 0 Å². The monoisotopic (exact) mass is 314 g/mol. The summed E-state index contributed by atoms with van der Waals surface area (Å²) in [7, 11) is 0. The Labute approximate surface area is 137 Å². The normalized spacial score (nSPS) is 11.7. The first-order valence-corrected chi connectivity index (χ1v) is 8.57. The number of aryl methyl sites for hydroxylation is 3. The molecule has 22 heavy (non-hydrogen) atoms. The Morgan fingerprint density at radius 2 is 1.59 bits per heavy atom. The Kier molecular flexibility index (Phi) is 13.4. The van der Waals surface area contributed by atoms with E-state index >= 15 is 0 Å². The summed E-state index contributed by atoms with van der Waals surface area (Å²) in [4.78, 5) is 0. The summed E-state index contributed by atoms with van der Waals surface area (Å²) in [5.74, 6) is -1.87. The molecule has 0 saturated heterocycles. The molecule has 0 nitrogen and oxygen atoms in total. The number of hydrogen-bond acceptors (Lipinski definition) is 0. The molecule has 0 aliphatic carbocycles. The van der Waals surface area contributed by atoms with Crippen molar-refractivity contribution in [2.75, 3.05) is 0 Å². The van der Waals surface area contributed by atoms with Crippen LogP contribution in [0.5, 0.6) is 0 Å². The van der Waals surface area contributed by atoms with E-state index in [0.717, 1.165) is 19.8 Å². The minimum atomic E-state index is -2.46. The van der Waals surface area contributed by atoms with Crippen molar-refractivity contribution in [1.29, 1.82) is 0 Å². The highest BCUT2D eigenvalue weighted by atomic mass is 19.3. The third-order valence-corrected chi connectivity index (χ3v) is 3.67. The van der Waals surface area contributed by atoms with Gasteiger partial charge in [0.25, 0.3) is 0 Å². The van der Waals surface area contributed by atoms with E-state index in [1.165, 1.54) is 16.7 Å². The van der Waals surface area contributed by atoms with E-state index in [1.54, 1.807) is 0 Å². The molecule has 1 rings (SSSR count). The summed E-state index contributed by atoms with van der Waals surface area (Å²) in [6, 6.07) is 6.50. The van der Waals surface area contributed by atoms with Crippen LogP contribution in [0.2, 0.25) is 0 Å². The number of rotatable bonds is 5. The van der Waals surface area contributed by atoms with Crippen molar-refractivity contribution < 1.29 is 8.78 Å². The smallest absolute Gasteiger partial charge is 0.207 e. The van der Waals surface area contributed by atoms with E-state index in [4.69, 9.17) is 0 Å². The van der Waals surface area contributed by atoms with Crippen molar-refractivity contribution in [3.05, 3.63) is 34.9 Å². The van der Waals surface area contributed by atoms with E-state index in [9.17, 15) is 8.78 Å². The molecule has 0 spiro atoms. The Hall–Kier alpha value is -0.920. The number of benzene rings is 1. The third-order valence-electron chi connectivity index (χ3n) is 3.67. The van der Waals surface area contributed by atoms with E-state index < -0.39 is 5.92 Å². The average Bonchev–Trinajstić information content (AvgIpc) is 2.44. The SMILES string of the molecule is CC.CCC(C)CCCC(C)(F)F.Cc1ccc(C)c(C)c1. The van der Waals surface area contributed by atoms with Gasteiger partial charge in [-0.3, -0.25) is 0 Å². The quantitative estimate of drug-likeness (QED) is 0.528. The minimum Gasteiger partial charge on any atom is -0.207 e. The maximum atomic E-state index is 12.3. The van der Waals surface area contributed by atoms with E-state index in [2.05, 4.69) is 52.8 Å². The molecule has 0 amide bonds. The van der Waals surface area contributed by atoms with Crippen molar-refractivity contribution in [1.82, 2.24) is 0 Å². The zero-order valence-electron chi connectivity index (χ0n) is 15.9. The lowest BCUT2D eigenvalue weighted by molar-refractivity contribution is 0.00955. The van der Waals surface area contributed by atoms with Crippen LogP contribution in [0.4, 0.5) is 8.78 Å². The van der Waals surface area contributed by atoms with Crippen molar-refractivity contribution in [3.8, 4) is 0 Å². The zero-order chi connectivity index (χ0) is 17.8. The van der Waals surface area contributed by atoms with E-state index in [-0.39, 0.29) is 6.42 Å². The number of hydrogen-bond donors (Lipinski definition) is 0. The van der Waals surface area contributed by atoms with Crippen LogP contribution in [0.1, 0.15) is 77.0 Å². The highest BCUT2D eigenvalue weighted by molar-refractivity contribution is 5.28. The van der Waals surface area contributed by atoms with Gasteiger partial charge in [-0.05, 0) is 51.2 Å². The van der Waals surface area contributed by atoms with Crippen LogP contribution in [0, 0.1) is 26.7 Å². The predicted octanol–water partition coefficient (Wildman–Crippen LogP) is 7.50. The second-order valence-electron chi connectivity index (χ2n) is 6.06. The van der Waals surface area contributed by atoms with Gasteiger partial charge >= 0.3 is 0 Å². The molecule has 0 aliphatic heterocycles. The first kappa shape index (κ1) is 23.3. The Balaban J connectivity index is 0. The Morgan fingerprint density at radius 3 is 1.95 bits per heavy atom. The van der Waals surface area contributed by atoms with Crippen molar-refractivity contribution in [3.63, 3.8) is 0 Å². The standard InChI is InChI=1S/C9H18F2.C9H12.C2H6/c1-4-8(2)6-5-7-9(3,10)11;1-7-4-5-8(2)9(3)6-7;1-2/h8H,4-7H2,1-3H3;4-6H,1-3H3;1-2H3. The summed E-state index contributed by atoms with van der Waals surface area (Å²) in [5, 5.41) is 0. The van der Waals surface area contributed by atoms with Gasteiger partial charge < -0.3 is 0 Å². The number of halogens is 2. The molecule has 0 aliphatic rings. The first-order chi connectivity index (χ1) is 10.2. The van der Waals surface area contributed by atoms with Crippen molar-refractivity contribution >= 4 is 0 Å². The third kappa shape index (κ3) is 14.0.